The van der Waals surface area contributed by atoms with Gasteiger partial charge in [0.15, 0.2) is 5.82 Å². The van der Waals surface area contributed by atoms with E-state index in [1.54, 1.807) is 0 Å². The van der Waals surface area contributed by atoms with Gasteiger partial charge in [0.25, 0.3) is 0 Å². The molecular weight excluding hydrogens is 338 g/mol. The van der Waals surface area contributed by atoms with Crippen molar-refractivity contribution in [2.24, 2.45) is 0 Å². The Bertz CT molecular complexity index is 992. The molecule has 0 fully saturated rings. The van der Waals surface area contributed by atoms with Gasteiger partial charge in [0.05, 0.1) is 18.4 Å². The fraction of sp³-hybridized carbons (Fsp3) is 0.300. The molecule has 0 saturated carbocycles. The number of fused-ring (bicyclic) bond motifs is 2. The highest BCUT2D eigenvalue weighted by molar-refractivity contribution is 5.74. The quantitative estimate of drug-likeness (QED) is 0.571. The predicted molar refractivity (Wildman–Crippen MR) is 106 cm³/mol. The minimum absolute atomic E-state index is 0.505. The molecule has 3 aromatic rings. The van der Waals surface area contributed by atoms with Gasteiger partial charge in [0, 0.05) is 12.6 Å². The van der Waals surface area contributed by atoms with Crippen LogP contribution in [0.25, 0.3) is 0 Å². The van der Waals surface area contributed by atoms with Crippen LogP contribution in [0.5, 0.6) is 0 Å². The lowest BCUT2D eigenvalue weighted by Crippen LogP contribution is -2.19. The van der Waals surface area contributed by atoms with Gasteiger partial charge in [-0.2, -0.15) is 5.10 Å². The number of rotatable bonds is 4. The van der Waals surface area contributed by atoms with Crippen molar-refractivity contribution in [3.05, 3.63) is 64.5 Å². The van der Waals surface area contributed by atoms with Crippen molar-refractivity contribution < 1.29 is 0 Å². The lowest BCUT2D eigenvalue weighted by atomic mass is 9.88. The second kappa shape index (κ2) is 6.59. The van der Waals surface area contributed by atoms with Crippen LogP contribution in [-0.2, 0) is 25.8 Å². The first-order valence-electron chi connectivity index (χ1n) is 9.43. The Morgan fingerprint density at radius 2 is 2.04 bits per heavy atom. The Morgan fingerprint density at radius 1 is 1.11 bits per heavy atom. The second-order valence-electron chi connectivity index (χ2n) is 7.29. The number of nitrogens with one attached hydrogen (secondary N) is 3. The highest BCUT2D eigenvalue weighted by atomic mass is 15.6. The number of hydrogen-bond donors (Lipinski definition) is 4. The van der Waals surface area contributed by atoms with E-state index >= 15 is 0 Å². The van der Waals surface area contributed by atoms with Crippen LogP contribution in [0.4, 0.5) is 17.3 Å². The number of anilines is 3. The van der Waals surface area contributed by atoms with E-state index in [4.69, 9.17) is 5.73 Å². The standard InChI is InChI=1S/C20H23N7/c21-18-9-16(19-20(23-18)25-26-24-19)8-13-10-22-27(11-13)12-15-6-3-5-14-4-1-2-7-17(14)15/h3,5-6,9-11,24,26H,1-2,4,7-8,12H2,(H3,21,23,25). The Morgan fingerprint density at radius 3 is 3.00 bits per heavy atom. The molecule has 1 aliphatic heterocycles. The van der Waals surface area contributed by atoms with Crippen LogP contribution in [0, 0.1) is 0 Å². The molecule has 0 spiro atoms. The maximum atomic E-state index is 5.93. The Kier molecular flexibility index (Phi) is 3.94. The van der Waals surface area contributed by atoms with Crippen LogP contribution in [-0.4, -0.2) is 14.8 Å². The lowest BCUT2D eigenvalue weighted by Gasteiger charge is -2.19. The van der Waals surface area contributed by atoms with Gasteiger partial charge in [-0.15, -0.1) is 5.53 Å². The SMILES string of the molecule is Nc1cc(Cc2cnn(Cc3cccc4c3CCCC4)c2)c2c(n1)NNN2. The maximum Gasteiger partial charge on any atom is 0.169 e. The zero-order valence-corrected chi connectivity index (χ0v) is 15.1. The fourth-order valence-electron chi connectivity index (χ4n) is 4.13. The predicted octanol–water partition coefficient (Wildman–Crippen LogP) is 2.64. The van der Waals surface area contributed by atoms with Crippen molar-refractivity contribution in [3.63, 3.8) is 0 Å². The van der Waals surface area contributed by atoms with Crippen LogP contribution in [0.3, 0.4) is 0 Å². The second-order valence-corrected chi connectivity index (χ2v) is 7.29. The zero-order valence-electron chi connectivity index (χ0n) is 15.1. The van der Waals surface area contributed by atoms with E-state index in [9.17, 15) is 0 Å². The first kappa shape index (κ1) is 16.1. The number of nitrogen functional groups attached to an aromatic ring is 1. The lowest BCUT2D eigenvalue weighted by molar-refractivity contribution is 0.647. The van der Waals surface area contributed by atoms with Gasteiger partial charge in [0.1, 0.15) is 5.82 Å². The molecule has 0 unspecified atom stereocenters. The molecular formula is C20H23N7. The van der Waals surface area contributed by atoms with Crippen molar-refractivity contribution >= 4 is 17.3 Å². The summed E-state index contributed by atoms with van der Waals surface area (Å²) in [5, 5.41) is 4.59. The van der Waals surface area contributed by atoms with Crippen LogP contribution < -0.4 is 22.1 Å². The summed E-state index contributed by atoms with van der Waals surface area (Å²) in [4.78, 5) is 4.28. The molecule has 0 saturated heterocycles. The number of nitrogens with two attached hydrogens (primary N) is 1. The van der Waals surface area contributed by atoms with Crippen molar-refractivity contribution in [3.8, 4) is 0 Å². The topological polar surface area (TPSA) is 92.8 Å². The van der Waals surface area contributed by atoms with Gasteiger partial charge in [-0.25, -0.2) is 4.98 Å². The van der Waals surface area contributed by atoms with Gasteiger partial charge in [-0.1, -0.05) is 18.2 Å². The smallest absolute Gasteiger partial charge is 0.169 e. The minimum Gasteiger partial charge on any atom is -0.384 e. The van der Waals surface area contributed by atoms with E-state index in [1.165, 1.54) is 42.4 Å². The molecule has 0 amide bonds. The van der Waals surface area contributed by atoms with Crippen molar-refractivity contribution in [2.75, 3.05) is 16.6 Å². The van der Waals surface area contributed by atoms with Gasteiger partial charge in [0.2, 0.25) is 0 Å². The number of pyridine rings is 1. The molecule has 5 rings (SSSR count). The van der Waals surface area contributed by atoms with Crippen LogP contribution >= 0.6 is 0 Å². The first-order valence-corrected chi connectivity index (χ1v) is 9.43. The largest absolute Gasteiger partial charge is 0.384 e. The van der Waals surface area contributed by atoms with Gasteiger partial charge >= 0.3 is 0 Å². The Balaban J connectivity index is 1.37. The molecule has 7 heteroatoms. The minimum atomic E-state index is 0.505. The van der Waals surface area contributed by atoms with Crippen molar-refractivity contribution in [1.82, 2.24) is 20.3 Å². The number of aryl methyl sites for hydroxylation is 1. The highest BCUT2D eigenvalue weighted by Crippen LogP contribution is 2.30. The third-order valence-electron chi connectivity index (χ3n) is 5.40. The molecule has 2 aromatic heterocycles. The molecule has 0 radical (unpaired) electrons. The van der Waals surface area contributed by atoms with Gasteiger partial charge in [-0.05, 0) is 59.6 Å². The Hall–Kier alpha value is -3.06. The molecule has 1 aliphatic carbocycles. The monoisotopic (exact) mass is 361 g/mol. The summed E-state index contributed by atoms with van der Waals surface area (Å²) in [5.41, 5.74) is 22.5. The highest BCUT2D eigenvalue weighted by Gasteiger charge is 2.17. The number of aromatic nitrogens is 3. The summed E-state index contributed by atoms with van der Waals surface area (Å²) in [6.07, 6.45) is 9.80. The normalized spacial score (nSPS) is 15.0. The number of hydrogen-bond acceptors (Lipinski definition) is 6. The Labute approximate surface area is 157 Å². The van der Waals surface area contributed by atoms with E-state index < -0.39 is 0 Å². The average Bonchev–Trinajstić information content (AvgIpc) is 3.31. The molecule has 0 atom stereocenters. The van der Waals surface area contributed by atoms with E-state index in [0.717, 1.165) is 35.6 Å². The average molecular weight is 361 g/mol. The number of benzene rings is 1. The summed E-state index contributed by atoms with van der Waals surface area (Å²) < 4.78 is 2.04. The number of nitrogens with zero attached hydrogens (tertiary/aromatic N) is 3. The van der Waals surface area contributed by atoms with Gasteiger partial charge in [-0.3, -0.25) is 10.1 Å². The molecule has 27 heavy (non-hydrogen) atoms. The van der Waals surface area contributed by atoms with Crippen molar-refractivity contribution in [2.45, 2.75) is 38.6 Å². The molecule has 138 valence electrons. The zero-order chi connectivity index (χ0) is 18.2. The molecule has 7 nitrogen and oxygen atoms in total. The van der Waals surface area contributed by atoms with Gasteiger partial charge < -0.3 is 11.2 Å². The molecule has 2 aliphatic rings. The van der Waals surface area contributed by atoms with Crippen LogP contribution in [0.1, 0.15) is 40.7 Å². The third kappa shape index (κ3) is 3.10. The van der Waals surface area contributed by atoms with E-state index in [1.807, 2.05) is 16.9 Å². The first-order chi connectivity index (χ1) is 13.3. The molecule has 5 N–H and O–H groups in total. The summed E-state index contributed by atoms with van der Waals surface area (Å²) in [7, 11) is 0. The van der Waals surface area contributed by atoms with E-state index in [2.05, 4.69) is 50.9 Å². The summed E-state index contributed by atoms with van der Waals surface area (Å²) in [6.45, 7) is 0.821. The van der Waals surface area contributed by atoms with Crippen LogP contribution in [0.15, 0.2) is 36.7 Å². The summed E-state index contributed by atoms with van der Waals surface area (Å²) in [5.74, 6) is 1.23. The van der Waals surface area contributed by atoms with Crippen LogP contribution in [0.2, 0.25) is 0 Å². The number of hydrazine groups is 2. The molecule has 3 heterocycles. The molecule has 1 aromatic carbocycles. The van der Waals surface area contributed by atoms with E-state index in [-0.39, 0.29) is 0 Å². The van der Waals surface area contributed by atoms with E-state index in [0.29, 0.717) is 5.82 Å². The maximum absolute atomic E-state index is 5.93. The third-order valence-corrected chi connectivity index (χ3v) is 5.40. The summed E-state index contributed by atoms with van der Waals surface area (Å²) >= 11 is 0. The van der Waals surface area contributed by atoms with Crippen molar-refractivity contribution in [1.29, 1.82) is 0 Å². The summed E-state index contributed by atoms with van der Waals surface area (Å²) in [6, 6.07) is 8.60. The fourth-order valence-corrected chi connectivity index (χ4v) is 4.13. The molecule has 0 bridgehead atoms.